The predicted octanol–water partition coefficient (Wildman–Crippen LogP) is 4.37. The van der Waals surface area contributed by atoms with Gasteiger partial charge in [0.25, 0.3) is 0 Å². The van der Waals surface area contributed by atoms with Crippen LogP contribution in [0.4, 0.5) is 0 Å². The normalized spacial score (nSPS) is 31.8. The Balaban J connectivity index is 0.00000264. The number of nitrogens with one attached hydrogen (secondary N) is 2. The van der Waals surface area contributed by atoms with E-state index in [0.29, 0.717) is 25.0 Å². The highest BCUT2D eigenvalue weighted by Gasteiger charge is 2.73. The summed E-state index contributed by atoms with van der Waals surface area (Å²) in [5.41, 5.74) is 3.04. The smallest absolute Gasteiger partial charge is 0.220 e. The number of carbonyl (C=O) groups is 1. The fourth-order valence-electron chi connectivity index (χ4n) is 8.69. The summed E-state index contributed by atoms with van der Waals surface area (Å²) in [4.78, 5) is 19.1. The molecular formula is C32H38ClN3O4. The quantitative estimate of drug-likeness (QED) is 0.342. The van der Waals surface area contributed by atoms with Gasteiger partial charge in [-0.1, -0.05) is 24.3 Å². The van der Waals surface area contributed by atoms with Crippen molar-refractivity contribution in [2.45, 2.75) is 87.0 Å². The zero-order chi connectivity index (χ0) is 26.4. The van der Waals surface area contributed by atoms with Crippen molar-refractivity contribution in [2.75, 3.05) is 13.1 Å². The van der Waals surface area contributed by atoms with Crippen LogP contribution in [0.15, 0.2) is 42.6 Å². The van der Waals surface area contributed by atoms with Crippen LogP contribution in [0.1, 0.15) is 61.6 Å². The molecule has 8 heteroatoms. The van der Waals surface area contributed by atoms with Gasteiger partial charge in [-0.3, -0.25) is 9.69 Å². The van der Waals surface area contributed by atoms with E-state index in [0.717, 1.165) is 55.8 Å². The van der Waals surface area contributed by atoms with Crippen LogP contribution in [-0.2, 0) is 23.1 Å². The summed E-state index contributed by atoms with van der Waals surface area (Å²) in [6.45, 7) is 1.98. The highest BCUT2D eigenvalue weighted by atomic mass is 35.5. The number of H-pyrrole nitrogens is 1. The second-order valence-electron chi connectivity index (χ2n) is 12.7. The first kappa shape index (κ1) is 26.2. The summed E-state index contributed by atoms with van der Waals surface area (Å²) >= 11 is 0. The molecule has 2 aliphatic heterocycles. The summed E-state index contributed by atoms with van der Waals surface area (Å²) in [5.74, 6) is 1.46. The summed E-state index contributed by atoms with van der Waals surface area (Å²) in [6, 6.07) is 11.9. The van der Waals surface area contributed by atoms with Crippen LogP contribution >= 0.6 is 12.4 Å². The van der Waals surface area contributed by atoms with Crippen molar-refractivity contribution in [1.82, 2.24) is 15.2 Å². The van der Waals surface area contributed by atoms with Gasteiger partial charge in [-0.2, -0.15) is 0 Å². The molecule has 0 unspecified atom stereocenters. The first-order chi connectivity index (χ1) is 19.0. The van der Waals surface area contributed by atoms with Crippen LogP contribution in [0.5, 0.6) is 11.5 Å². The van der Waals surface area contributed by atoms with Gasteiger partial charge in [0.2, 0.25) is 5.91 Å². The topological polar surface area (TPSA) is 97.8 Å². The van der Waals surface area contributed by atoms with Gasteiger partial charge in [-0.25, -0.2) is 0 Å². The van der Waals surface area contributed by atoms with Crippen LogP contribution in [-0.4, -0.2) is 62.9 Å². The van der Waals surface area contributed by atoms with Gasteiger partial charge >= 0.3 is 0 Å². The Hall–Kier alpha value is -2.74. The lowest BCUT2D eigenvalue weighted by molar-refractivity contribution is -0.192. The van der Waals surface area contributed by atoms with E-state index in [9.17, 15) is 15.0 Å². The Morgan fingerprint density at radius 1 is 1.15 bits per heavy atom. The zero-order valence-corrected chi connectivity index (χ0v) is 23.5. The molecule has 5 atom stereocenters. The van der Waals surface area contributed by atoms with Crippen molar-refractivity contribution >= 4 is 29.2 Å². The Bertz CT molecular complexity index is 1470. The molecule has 0 radical (unpaired) electrons. The third-order valence-electron chi connectivity index (χ3n) is 10.6. The van der Waals surface area contributed by atoms with E-state index in [1.807, 2.05) is 24.4 Å². The minimum atomic E-state index is -0.923. The van der Waals surface area contributed by atoms with Gasteiger partial charge in [-0.05, 0) is 87.1 Å². The van der Waals surface area contributed by atoms with E-state index in [4.69, 9.17) is 4.74 Å². The molecule has 8 rings (SSSR count). The molecule has 3 aromatic rings. The number of halogens is 1. The van der Waals surface area contributed by atoms with Crippen LogP contribution in [0.3, 0.4) is 0 Å². The monoisotopic (exact) mass is 563 g/mol. The van der Waals surface area contributed by atoms with E-state index in [-0.39, 0.29) is 42.3 Å². The van der Waals surface area contributed by atoms with Gasteiger partial charge in [0.05, 0.1) is 17.1 Å². The molecule has 40 heavy (non-hydrogen) atoms. The van der Waals surface area contributed by atoms with Crippen molar-refractivity contribution in [3.63, 3.8) is 0 Å². The van der Waals surface area contributed by atoms with Gasteiger partial charge in [0.15, 0.2) is 11.5 Å². The minimum absolute atomic E-state index is 0. The molecule has 1 aromatic heterocycles. The van der Waals surface area contributed by atoms with E-state index in [2.05, 4.69) is 27.3 Å². The predicted molar refractivity (Wildman–Crippen MR) is 155 cm³/mol. The second-order valence-corrected chi connectivity index (χ2v) is 12.7. The standard InChI is InChI=1S/C32H37N3O4.ClH/c36-25-11-10-20-16-26-32(38)13-12-24(34-27(37)7-3-4-21-17-33-23-6-2-1-5-22(21)23)30-31(32,28(20)29(25)39-30)14-15-35(26)18-19-8-9-19;/h1-2,5-6,10-11,17,19,24,26,30,33,36,38H,3-4,7-9,12-16,18H2,(H,34,37);1H/t24-,26-,30+,31+,32-;/m1./s1. The third-order valence-corrected chi connectivity index (χ3v) is 10.6. The Morgan fingerprint density at radius 2 is 2.00 bits per heavy atom. The van der Waals surface area contributed by atoms with Crippen LogP contribution in [0, 0.1) is 5.92 Å². The van der Waals surface area contributed by atoms with E-state index in [1.54, 1.807) is 6.07 Å². The number of fused-ring (bicyclic) bond motifs is 1. The lowest BCUT2D eigenvalue weighted by Crippen LogP contribution is -2.78. The van der Waals surface area contributed by atoms with Gasteiger partial charge in [0, 0.05) is 41.7 Å². The number of aromatic amines is 1. The highest BCUT2D eigenvalue weighted by Crippen LogP contribution is 2.65. The van der Waals surface area contributed by atoms with E-state index in [1.165, 1.54) is 29.4 Å². The number of piperidine rings is 1. The zero-order valence-electron chi connectivity index (χ0n) is 22.7. The number of amides is 1. The lowest BCUT2D eigenvalue weighted by atomic mass is 9.48. The van der Waals surface area contributed by atoms with Crippen molar-refractivity contribution in [3.8, 4) is 11.5 Å². The van der Waals surface area contributed by atoms with Crippen LogP contribution in [0.2, 0.25) is 0 Å². The molecule has 5 aliphatic rings. The molecule has 7 nitrogen and oxygen atoms in total. The number of phenols is 1. The molecule has 1 amide bonds. The molecule has 2 bridgehead atoms. The molecule has 3 aliphatic carbocycles. The van der Waals surface area contributed by atoms with Crippen LogP contribution < -0.4 is 10.1 Å². The average Bonchev–Trinajstić information content (AvgIpc) is 3.54. The maximum Gasteiger partial charge on any atom is 0.220 e. The van der Waals surface area contributed by atoms with Crippen molar-refractivity contribution in [3.05, 3.63) is 59.3 Å². The average molecular weight is 564 g/mol. The second kappa shape index (κ2) is 9.40. The molecule has 2 aromatic carbocycles. The number of aryl methyl sites for hydroxylation is 1. The number of benzene rings is 2. The van der Waals surface area contributed by atoms with Crippen molar-refractivity contribution in [1.29, 1.82) is 0 Å². The highest BCUT2D eigenvalue weighted by molar-refractivity contribution is 5.85. The fraction of sp³-hybridized carbons (Fsp3) is 0.531. The SMILES string of the molecule is Cl.O=C(CCCc1c[nH]c2ccccc12)N[C@@H]1CC[C@@]2(O)[C@H]3Cc4ccc(O)c5c4[C@@]2(CCN3CC2CC2)[C@H]1O5. The lowest BCUT2D eigenvalue weighted by Gasteiger charge is -2.64. The summed E-state index contributed by atoms with van der Waals surface area (Å²) in [6.07, 6.45) is 9.19. The molecule has 4 N–H and O–H groups in total. The van der Waals surface area contributed by atoms with Crippen LogP contribution in [0.25, 0.3) is 10.9 Å². The van der Waals surface area contributed by atoms with Crippen molar-refractivity contribution < 1.29 is 19.7 Å². The van der Waals surface area contributed by atoms with E-state index < -0.39 is 11.0 Å². The summed E-state index contributed by atoms with van der Waals surface area (Å²) < 4.78 is 6.58. The third kappa shape index (κ3) is 3.67. The molecule has 212 valence electrons. The first-order valence-corrected chi connectivity index (χ1v) is 14.8. The summed E-state index contributed by atoms with van der Waals surface area (Å²) in [5, 5.41) is 27.9. The number of aromatic hydroxyl groups is 1. The first-order valence-electron chi connectivity index (χ1n) is 14.8. The number of carbonyl (C=O) groups excluding carboxylic acids is 1. The van der Waals surface area contributed by atoms with Crippen molar-refractivity contribution in [2.24, 2.45) is 5.92 Å². The molecular weight excluding hydrogens is 526 g/mol. The van der Waals surface area contributed by atoms with Gasteiger partial charge in [-0.15, -0.1) is 12.4 Å². The fourth-order valence-corrected chi connectivity index (χ4v) is 8.69. The number of ether oxygens (including phenoxy) is 1. The number of para-hydroxylation sites is 1. The number of aromatic nitrogens is 1. The molecule has 1 saturated heterocycles. The Morgan fingerprint density at radius 3 is 2.85 bits per heavy atom. The molecule has 3 heterocycles. The number of likely N-dealkylation sites (tertiary alicyclic amines) is 1. The van der Waals surface area contributed by atoms with Gasteiger partial charge in [0.1, 0.15) is 6.10 Å². The largest absolute Gasteiger partial charge is 0.504 e. The number of hydrogen-bond donors (Lipinski definition) is 4. The Labute approximate surface area is 240 Å². The maximum absolute atomic E-state index is 13.2. The molecule has 3 fully saturated rings. The number of hydrogen-bond acceptors (Lipinski definition) is 5. The van der Waals surface area contributed by atoms with Gasteiger partial charge < -0.3 is 25.3 Å². The number of nitrogens with zero attached hydrogens (tertiary/aromatic N) is 1. The van der Waals surface area contributed by atoms with E-state index >= 15 is 0 Å². The minimum Gasteiger partial charge on any atom is -0.504 e. The number of rotatable bonds is 7. The summed E-state index contributed by atoms with van der Waals surface area (Å²) in [7, 11) is 0. The molecule has 1 spiro atoms. The number of aliphatic hydroxyl groups is 1. The Kier molecular flexibility index (Phi) is 6.15. The number of phenolic OH excluding ortho intramolecular Hbond substituents is 1. The maximum atomic E-state index is 13.2. The molecule has 2 saturated carbocycles.